The maximum Gasteiger partial charge on any atom is 0.310 e. The standard InChI is InChI=1S/C73H46B3F10N5OS2/c1-45-35-64-71-65(36-45)91(50-29-15-6-16-30-50)63-44-69-58(42-57(63)75(71)53-31-17-19-33-59(53)87(64)46-21-7-2-8-22-46)76-56-41-55-61(43-62(56)90(49-27-13-5-14-28-49)68-39-52(94(82,83,84,85)86)40-70(92-69)73(68)76)89(48-25-11-4-12-26-48)67-38-51(93(77,78,79,80)81)37-66-72(67)74(55)54-32-18-20-34-60(54)88(66)47-23-9-3-10-24-47/h2-44H,1H3. The van der Waals surface area contributed by atoms with Crippen molar-refractivity contribution in [2.75, 3.05) is 24.5 Å². The molecule has 21 heteroatoms. The van der Waals surface area contributed by atoms with Gasteiger partial charge in [-0.15, -0.1) is 0 Å². The minimum absolute atomic E-state index is 0.0918. The lowest BCUT2D eigenvalue weighted by Crippen LogP contribution is -2.66. The third-order valence-electron chi connectivity index (χ3n) is 19.0. The van der Waals surface area contributed by atoms with Crippen molar-refractivity contribution >= 4 is 175 Å². The van der Waals surface area contributed by atoms with Crippen molar-refractivity contribution < 1.29 is 43.6 Å². The monoisotopic (exact) mass is 1300 g/mol. The molecule has 0 atom stereocenters. The summed E-state index contributed by atoms with van der Waals surface area (Å²) in [5.74, 6) is -0.373. The fourth-order valence-corrected chi connectivity index (χ4v) is 16.8. The molecule has 0 aliphatic carbocycles. The Bertz CT molecular complexity index is 5290. The summed E-state index contributed by atoms with van der Waals surface area (Å²) in [4.78, 5) is 4.55. The van der Waals surface area contributed by atoms with Crippen molar-refractivity contribution in [2.24, 2.45) is 0 Å². The summed E-state index contributed by atoms with van der Waals surface area (Å²) in [7, 11) is -21.2. The van der Waals surface area contributed by atoms with Gasteiger partial charge >= 0.3 is 20.4 Å². The molecular weight excluding hydrogens is 1250 g/mol. The van der Waals surface area contributed by atoms with E-state index in [1.165, 1.54) is 9.80 Å². The van der Waals surface area contributed by atoms with Crippen LogP contribution in [0.15, 0.2) is 271 Å². The average Bonchev–Trinajstić information content (AvgIpc) is 0.684. The summed E-state index contributed by atoms with van der Waals surface area (Å²) in [6, 6.07) is 73.7. The Balaban J connectivity index is 0.970. The SMILES string of the molecule is Cc1cc2c3c(c1)N(c1ccccc1)c1cc4c(cc1B3c1ccccc1N2c1ccccc1)B1c2cc3c(cc2N(c2ccccc2)c2cc(S(F)(F)(F)(F)F)cc(c21)O4)N(c1ccccc1)c1cc(S(F)(F)(F)(F)F)cc2c1B3c1ccccc1N2c1ccccc1. The van der Waals surface area contributed by atoms with Crippen LogP contribution < -0.4 is 78.4 Å². The van der Waals surface area contributed by atoms with Crippen LogP contribution in [0.5, 0.6) is 11.5 Å². The van der Waals surface area contributed by atoms with Crippen LogP contribution in [-0.2, 0) is 0 Å². The van der Waals surface area contributed by atoms with Gasteiger partial charge in [0, 0.05) is 97.4 Å². The van der Waals surface area contributed by atoms with Crippen LogP contribution in [0.1, 0.15) is 5.56 Å². The van der Waals surface area contributed by atoms with Crippen molar-refractivity contribution in [2.45, 2.75) is 16.7 Å². The fraction of sp³-hybridized carbons (Fsp3) is 0.0137. The molecule has 0 amide bonds. The molecule has 6 aliphatic heterocycles. The van der Waals surface area contributed by atoms with E-state index in [9.17, 15) is 0 Å². The molecule has 0 radical (unpaired) electrons. The lowest BCUT2D eigenvalue weighted by Gasteiger charge is -2.48. The van der Waals surface area contributed by atoms with Crippen LogP contribution in [0, 0.1) is 6.92 Å². The maximum absolute atomic E-state index is 16.0. The first-order chi connectivity index (χ1) is 44.8. The molecule has 0 unspecified atom stereocenters. The molecular formula is C73H46B3F10N5OS2. The molecule has 0 aromatic heterocycles. The lowest BCUT2D eigenvalue weighted by molar-refractivity contribution is 0.360. The second kappa shape index (κ2) is 18.1. The summed E-state index contributed by atoms with van der Waals surface area (Å²) in [6.45, 7) is -0.544. The molecule has 18 rings (SSSR count). The van der Waals surface area contributed by atoms with Gasteiger partial charge in [-0.1, -0.05) is 178 Å². The number of nitrogens with zero attached hydrogens (tertiary/aromatic N) is 5. The van der Waals surface area contributed by atoms with E-state index < -0.39 is 56.1 Å². The zero-order chi connectivity index (χ0) is 64.3. The lowest BCUT2D eigenvalue weighted by atomic mass is 9.29. The summed E-state index contributed by atoms with van der Waals surface area (Å²) < 4.78 is 167. The minimum Gasteiger partial charge on any atom is -0.458 e. The second-order valence-corrected chi connectivity index (χ2v) is 29.5. The van der Waals surface area contributed by atoms with Crippen molar-refractivity contribution in [3.63, 3.8) is 0 Å². The van der Waals surface area contributed by atoms with Crippen molar-refractivity contribution in [3.05, 3.63) is 266 Å². The molecule has 94 heavy (non-hydrogen) atoms. The van der Waals surface area contributed by atoms with E-state index in [1.54, 1.807) is 126 Å². The Hall–Kier alpha value is -10.4. The molecule has 0 bridgehead atoms. The third-order valence-corrected chi connectivity index (χ3v) is 21.3. The number of hydrogen-bond donors (Lipinski definition) is 0. The Kier molecular flexibility index (Phi) is 10.8. The quantitative estimate of drug-likeness (QED) is 0.117. The van der Waals surface area contributed by atoms with E-state index in [1.807, 2.05) is 85.8 Å². The molecule has 0 saturated carbocycles. The molecule has 0 saturated heterocycles. The Morgan fingerprint density at radius 2 is 0.553 bits per heavy atom. The van der Waals surface area contributed by atoms with Gasteiger partial charge in [0.15, 0.2) is 0 Å². The van der Waals surface area contributed by atoms with Crippen LogP contribution in [-0.4, -0.2) is 20.1 Å². The maximum atomic E-state index is 16.0. The predicted octanol–water partition coefficient (Wildman–Crippen LogP) is 17.9. The summed E-state index contributed by atoms with van der Waals surface area (Å²) >= 11 is 0. The van der Waals surface area contributed by atoms with Gasteiger partial charge in [-0.3, -0.25) is 0 Å². The number of benzene rings is 12. The molecule has 0 N–H and O–H groups in total. The van der Waals surface area contributed by atoms with Gasteiger partial charge in [-0.25, -0.2) is 0 Å². The van der Waals surface area contributed by atoms with Crippen LogP contribution in [0.4, 0.5) is 124 Å². The topological polar surface area (TPSA) is 25.4 Å². The zero-order valence-corrected chi connectivity index (χ0v) is 50.9. The normalized spacial score (nSPS) is 15.9. The molecule has 6 aliphatic rings. The molecule has 6 heterocycles. The Morgan fingerprint density at radius 3 is 0.936 bits per heavy atom. The molecule has 12 aromatic carbocycles. The Labute approximate surface area is 534 Å². The highest BCUT2D eigenvalue weighted by Gasteiger charge is 2.68. The molecule has 6 nitrogen and oxygen atoms in total. The third kappa shape index (κ3) is 8.38. The smallest absolute Gasteiger partial charge is 0.310 e. The summed E-state index contributed by atoms with van der Waals surface area (Å²) in [5.41, 5.74) is 12.2. The van der Waals surface area contributed by atoms with E-state index in [-0.39, 0.29) is 56.5 Å². The number of anilines is 15. The number of ether oxygens (including phenoxy) is 1. The van der Waals surface area contributed by atoms with Gasteiger partial charge in [0.05, 0.1) is 0 Å². The molecule has 0 spiro atoms. The van der Waals surface area contributed by atoms with E-state index in [2.05, 4.69) is 46.2 Å². The van der Waals surface area contributed by atoms with Crippen LogP contribution in [0.3, 0.4) is 0 Å². The van der Waals surface area contributed by atoms with Gasteiger partial charge in [-0.2, -0.15) is 0 Å². The highest BCUT2D eigenvalue weighted by atomic mass is 32.5. The first-order valence-electron chi connectivity index (χ1n) is 30.3. The highest BCUT2D eigenvalue weighted by Crippen LogP contribution is 3.03. The number of aryl methyl sites for hydroxylation is 1. The zero-order valence-electron chi connectivity index (χ0n) is 49.3. The number of fused-ring (bicyclic) bond motifs is 12. The first kappa shape index (κ1) is 56.4. The van der Waals surface area contributed by atoms with Crippen LogP contribution in [0.25, 0.3) is 0 Å². The van der Waals surface area contributed by atoms with E-state index in [0.717, 1.165) is 50.4 Å². The fourth-order valence-electron chi connectivity index (χ4n) is 15.4. The minimum atomic E-state index is -10.6. The summed E-state index contributed by atoms with van der Waals surface area (Å²) in [5, 5.41) is 0. The molecule has 12 aromatic rings. The first-order valence-corrected chi connectivity index (χ1v) is 34.2. The van der Waals surface area contributed by atoms with Gasteiger partial charge in [0.2, 0.25) is 0 Å². The Morgan fingerprint density at radius 1 is 0.255 bits per heavy atom. The number of hydrogen-bond acceptors (Lipinski definition) is 6. The van der Waals surface area contributed by atoms with E-state index in [4.69, 9.17) is 4.74 Å². The number of para-hydroxylation sites is 7. The van der Waals surface area contributed by atoms with E-state index in [0.29, 0.717) is 63.2 Å². The number of rotatable bonds is 7. The average molecular weight is 1300 g/mol. The predicted molar refractivity (Wildman–Crippen MR) is 368 cm³/mol. The van der Waals surface area contributed by atoms with Gasteiger partial charge < -0.3 is 29.2 Å². The van der Waals surface area contributed by atoms with E-state index >= 15 is 38.9 Å². The largest absolute Gasteiger partial charge is 0.458 e. The van der Waals surface area contributed by atoms with Crippen molar-refractivity contribution in [1.29, 1.82) is 0 Å². The second-order valence-electron chi connectivity index (χ2n) is 24.7. The van der Waals surface area contributed by atoms with Crippen LogP contribution >= 0.6 is 20.4 Å². The number of halogens is 10. The van der Waals surface area contributed by atoms with Gasteiger partial charge in [0.25, 0.3) is 20.1 Å². The molecule has 0 fully saturated rings. The molecule has 460 valence electrons. The van der Waals surface area contributed by atoms with Crippen molar-refractivity contribution in [3.8, 4) is 11.5 Å². The highest BCUT2D eigenvalue weighted by molar-refractivity contribution is 8.46. The van der Waals surface area contributed by atoms with Crippen molar-refractivity contribution in [1.82, 2.24) is 0 Å². The van der Waals surface area contributed by atoms with Gasteiger partial charge in [0.1, 0.15) is 21.3 Å². The van der Waals surface area contributed by atoms with Gasteiger partial charge in [-0.05, 0) is 171 Å². The van der Waals surface area contributed by atoms with Crippen LogP contribution in [0.2, 0.25) is 0 Å². The summed E-state index contributed by atoms with van der Waals surface area (Å²) in [6.07, 6.45) is 0.